The van der Waals surface area contributed by atoms with Crippen molar-refractivity contribution in [3.8, 4) is 11.5 Å². The van der Waals surface area contributed by atoms with Gasteiger partial charge in [0.25, 0.3) is 5.91 Å². The SMILES string of the molecule is COc1c(S(C)(=O)=O)ccc(O[C@@H](C)C(F)(F)F)c1C(=O)N1CC(c2ccc(C3CCOCC3)cc2)C1. The summed E-state index contributed by atoms with van der Waals surface area (Å²) >= 11 is 0. The van der Waals surface area contributed by atoms with E-state index in [2.05, 4.69) is 12.1 Å². The summed E-state index contributed by atoms with van der Waals surface area (Å²) in [6.07, 6.45) is -4.00. The number of alkyl halides is 3. The van der Waals surface area contributed by atoms with Crippen LogP contribution in [0.4, 0.5) is 13.2 Å². The van der Waals surface area contributed by atoms with E-state index in [0.29, 0.717) is 19.0 Å². The van der Waals surface area contributed by atoms with Crippen molar-refractivity contribution in [1.82, 2.24) is 4.90 Å². The number of methoxy groups -OCH3 is 1. The van der Waals surface area contributed by atoms with Gasteiger partial charge in [-0.15, -0.1) is 0 Å². The molecule has 0 spiro atoms. The van der Waals surface area contributed by atoms with E-state index in [1.807, 2.05) is 12.1 Å². The third kappa shape index (κ3) is 5.87. The summed E-state index contributed by atoms with van der Waals surface area (Å²) in [6, 6.07) is 10.4. The van der Waals surface area contributed by atoms with Crippen LogP contribution in [-0.2, 0) is 14.6 Å². The molecule has 0 saturated carbocycles. The Morgan fingerprint density at radius 1 is 1.03 bits per heavy atom. The molecule has 0 aromatic heterocycles. The minimum absolute atomic E-state index is 0.0511. The van der Waals surface area contributed by atoms with Gasteiger partial charge in [0.1, 0.15) is 16.2 Å². The second kappa shape index (κ2) is 10.5. The molecule has 0 unspecified atom stereocenters. The number of halogens is 3. The monoisotopic (exact) mass is 541 g/mol. The molecular weight excluding hydrogens is 511 g/mol. The fourth-order valence-electron chi connectivity index (χ4n) is 4.68. The lowest BCUT2D eigenvalue weighted by Gasteiger charge is -2.40. The molecule has 7 nitrogen and oxygen atoms in total. The van der Waals surface area contributed by atoms with E-state index in [4.69, 9.17) is 14.2 Å². The fourth-order valence-corrected chi connectivity index (χ4v) is 5.52. The first-order valence-electron chi connectivity index (χ1n) is 12.0. The Labute approximate surface area is 214 Å². The van der Waals surface area contributed by atoms with Gasteiger partial charge in [0, 0.05) is 38.5 Å². The normalized spacial score (nSPS) is 18.3. The molecule has 0 N–H and O–H groups in total. The van der Waals surface area contributed by atoms with Crippen molar-refractivity contribution >= 4 is 15.7 Å². The zero-order chi connectivity index (χ0) is 27.0. The Kier molecular flexibility index (Phi) is 7.75. The number of carbonyl (C=O) groups excluding carboxylic acids is 1. The van der Waals surface area contributed by atoms with Gasteiger partial charge < -0.3 is 19.1 Å². The standard InChI is InChI=1S/C26H30F3NO6S/c1-16(26(27,28)29)36-21-8-9-22(37(3,32)33)24(34-2)23(21)25(31)30-14-20(15-30)18-6-4-17(5-7-18)19-10-12-35-13-11-19/h4-9,16,19-20H,10-15H2,1-3H3/t16-/m0/s1. The number of sulfone groups is 1. The molecule has 1 atom stereocenters. The van der Waals surface area contributed by atoms with Crippen LogP contribution in [-0.4, -0.2) is 71.2 Å². The largest absolute Gasteiger partial charge is 0.494 e. The number of rotatable bonds is 7. The Hall–Kier alpha value is -2.79. The number of ether oxygens (including phenoxy) is 3. The lowest BCUT2D eigenvalue weighted by Crippen LogP contribution is -2.48. The van der Waals surface area contributed by atoms with Crippen LogP contribution in [0, 0.1) is 0 Å². The summed E-state index contributed by atoms with van der Waals surface area (Å²) in [5.41, 5.74) is 1.97. The molecule has 0 radical (unpaired) electrons. The highest BCUT2D eigenvalue weighted by molar-refractivity contribution is 7.90. The summed E-state index contributed by atoms with van der Waals surface area (Å²) in [7, 11) is -2.67. The number of benzene rings is 2. The number of amides is 1. The number of likely N-dealkylation sites (tertiary alicyclic amines) is 1. The molecule has 11 heteroatoms. The average Bonchev–Trinajstić information content (AvgIpc) is 2.82. The average molecular weight is 542 g/mol. The quantitative estimate of drug-likeness (QED) is 0.511. The Balaban J connectivity index is 1.56. The minimum atomic E-state index is -4.68. The van der Waals surface area contributed by atoms with Crippen LogP contribution in [0.1, 0.15) is 53.1 Å². The van der Waals surface area contributed by atoms with Gasteiger partial charge in [-0.1, -0.05) is 24.3 Å². The van der Waals surface area contributed by atoms with E-state index in [1.54, 1.807) is 0 Å². The molecule has 2 aliphatic heterocycles. The molecule has 0 aliphatic carbocycles. The highest BCUT2D eigenvalue weighted by Crippen LogP contribution is 2.40. The van der Waals surface area contributed by atoms with Crippen LogP contribution in [0.2, 0.25) is 0 Å². The van der Waals surface area contributed by atoms with Gasteiger partial charge >= 0.3 is 6.18 Å². The maximum absolute atomic E-state index is 13.5. The molecule has 4 rings (SSSR count). The number of nitrogens with zero attached hydrogens (tertiary/aromatic N) is 1. The van der Waals surface area contributed by atoms with Crippen molar-refractivity contribution < 1.29 is 40.6 Å². The van der Waals surface area contributed by atoms with Gasteiger partial charge in [-0.3, -0.25) is 4.79 Å². The van der Waals surface area contributed by atoms with E-state index in [-0.39, 0.29) is 27.9 Å². The summed E-state index contributed by atoms with van der Waals surface area (Å²) < 4.78 is 79.9. The molecule has 1 amide bonds. The zero-order valence-corrected chi connectivity index (χ0v) is 21.7. The number of hydrogen-bond acceptors (Lipinski definition) is 6. The van der Waals surface area contributed by atoms with Crippen molar-refractivity contribution in [1.29, 1.82) is 0 Å². The third-order valence-electron chi connectivity index (χ3n) is 6.93. The molecule has 2 heterocycles. The first-order chi connectivity index (χ1) is 17.4. The van der Waals surface area contributed by atoms with Crippen molar-refractivity contribution in [2.24, 2.45) is 0 Å². The highest BCUT2D eigenvalue weighted by Gasteiger charge is 2.41. The number of hydrogen-bond donors (Lipinski definition) is 0. The summed E-state index contributed by atoms with van der Waals surface area (Å²) in [6.45, 7) is 2.98. The first-order valence-corrected chi connectivity index (χ1v) is 13.9. The molecule has 2 fully saturated rings. The highest BCUT2D eigenvalue weighted by atomic mass is 32.2. The van der Waals surface area contributed by atoms with Gasteiger partial charge in [0.2, 0.25) is 0 Å². The topological polar surface area (TPSA) is 82.1 Å². The van der Waals surface area contributed by atoms with Crippen LogP contribution in [0.25, 0.3) is 0 Å². The maximum Gasteiger partial charge on any atom is 0.425 e. The van der Waals surface area contributed by atoms with Gasteiger partial charge in [-0.25, -0.2) is 8.42 Å². The van der Waals surface area contributed by atoms with E-state index in [0.717, 1.165) is 64.0 Å². The van der Waals surface area contributed by atoms with Crippen LogP contribution in [0.15, 0.2) is 41.3 Å². The molecule has 2 aromatic carbocycles. The Morgan fingerprint density at radius 2 is 1.59 bits per heavy atom. The summed E-state index contributed by atoms with van der Waals surface area (Å²) in [4.78, 5) is 14.6. The Bertz CT molecular complexity index is 1230. The van der Waals surface area contributed by atoms with Crippen LogP contribution < -0.4 is 9.47 Å². The van der Waals surface area contributed by atoms with Gasteiger partial charge in [0.15, 0.2) is 21.7 Å². The molecule has 0 bridgehead atoms. The lowest BCUT2D eigenvalue weighted by atomic mass is 9.87. The predicted octanol–water partition coefficient (Wildman–Crippen LogP) is 4.56. The summed E-state index contributed by atoms with van der Waals surface area (Å²) in [5.74, 6) is -0.849. The van der Waals surface area contributed by atoms with Gasteiger partial charge in [0.05, 0.1) is 7.11 Å². The molecule has 2 saturated heterocycles. The van der Waals surface area contributed by atoms with E-state index in [1.165, 1.54) is 10.5 Å². The number of carbonyl (C=O) groups is 1. The van der Waals surface area contributed by atoms with Crippen LogP contribution >= 0.6 is 0 Å². The van der Waals surface area contributed by atoms with Crippen molar-refractivity contribution in [2.75, 3.05) is 39.7 Å². The molecule has 2 aliphatic rings. The van der Waals surface area contributed by atoms with Crippen LogP contribution in [0.3, 0.4) is 0 Å². The molecule has 2 aromatic rings. The van der Waals surface area contributed by atoms with Crippen molar-refractivity contribution in [2.45, 2.75) is 48.8 Å². The smallest absolute Gasteiger partial charge is 0.425 e. The van der Waals surface area contributed by atoms with Gasteiger partial charge in [-0.05, 0) is 48.9 Å². The van der Waals surface area contributed by atoms with E-state index in [9.17, 15) is 26.4 Å². The van der Waals surface area contributed by atoms with Crippen LogP contribution in [0.5, 0.6) is 11.5 Å². The molecule has 202 valence electrons. The predicted molar refractivity (Wildman–Crippen MR) is 130 cm³/mol. The molecule has 37 heavy (non-hydrogen) atoms. The van der Waals surface area contributed by atoms with E-state index >= 15 is 0 Å². The zero-order valence-electron chi connectivity index (χ0n) is 20.9. The van der Waals surface area contributed by atoms with Crippen molar-refractivity contribution in [3.05, 3.63) is 53.1 Å². The van der Waals surface area contributed by atoms with Crippen molar-refractivity contribution in [3.63, 3.8) is 0 Å². The van der Waals surface area contributed by atoms with E-state index < -0.39 is 28.0 Å². The summed E-state index contributed by atoms with van der Waals surface area (Å²) in [5, 5.41) is 0. The lowest BCUT2D eigenvalue weighted by molar-refractivity contribution is -0.189. The maximum atomic E-state index is 13.5. The first kappa shape index (κ1) is 27.3. The van der Waals surface area contributed by atoms with Gasteiger partial charge in [-0.2, -0.15) is 13.2 Å². The second-order valence-electron chi connectivity index (χ2n) is 9.50. The molecular formula is C26H30F3NO6S. The fraction of sp³-hybridized carbons (Fsp3) is 0.500. The third-order valence-corrected chi connectivity index (χ3v) is 8.06. The Morgan fingerprint density at radius 3 is 2.11 bits per heavy atom. The minimum Gasteiger partial charge on any atom is -0.494 e. The second-order valence-corrected chi connectivity index (χ2v) is 11.5.